The summed E-state index contributed by atoms with van der Waals surface area (Å²) < 4.78 is 0. The fourth-order valence-electron chi connectivity index (χ4n) is 1.69. The molecule has 1 N–H and O–H groups in total. The Balaban J connectivity index is 2.13. The molecule has 50 valence electrons. The molecule has 1 unspecified atom stereocenters. The highest BCUT2D eigenvalue weighted by molar-refractivity contribution is 5.85. The SMILES string of the molecule is C1CC2=NNCC(C1)C2. The molecule has 1 heterocycles. The van der Waals surface area contributed by atoms with Crippen molar-refractivity contribution in [1.82, 2.24) is 5.43 Å². The minimum absolute atomic E-state index is 0.909. The lowest BCUT2D eigenvalue weighted by Gasteiger charge is -2.27. The molecule has 0 spiro atoms. The molecule has 2 heteroatoms. The van der Waals surface area contributed by atoms with Crippen molar-refractivity contribution in [3.05, 3.63) is 0 Å². The number of hydrazone groups is 1. The molecule has 1 saturated carbocycles. The molecule has 0 radical (unpaired) electrons. The summed E-state index contributed by atoms with van der Waals surface area (Å²) in [5.74, 6) is 0.909. The van der Waals surface area contributed by atoms with Crippen LogP contribution in [0, 0.1) is 5.92 Å². The van der Waals surface area contributed by atoms with E-state index in [0.717, 1.165) is 12.5 Å². The second-order valence-corrected chi connectivity index (χ2v) is 3.00. The van der Waals surface area contributed by atoms with Crippen molar-refractivity contribution in [2.45, 2.75) is 25.7 Å². The van der Waals surface area contributed by atoms with E-state index in [1.54, 1.807) is 0 Å². The molecule has 2 nitrogen and oxygen atoms in total. The summed E-state index contributed by atoms with van der Waals surface area (Å²) in [6, 6.07) is 0. The first-order valence-corrected chi connectivity index (χ1v) is 3.73. The zero-order valence-corrected chi connectivity index (χ0v) is 5.56. The fourth-order valence-corrected chi connectivity index (χ4v) is 1.69. The van der Waals surface area contributed by atoms with Crippen LogP contribution in [0.25, 0.3) is 0 Å². The minimum atomic E-state index is 0.909. The molecule has 1 aliphatic carbocycles. The van der Waals surface area contributed by atoms with Crippen LogP contribution in [0.15, 0.2) is 5.10 Å². The maximum Gasteiger partial charge on any atom is 0.0381 e. The van der Waals surface area contributed by atoms with Gasteiger partial charge in [0, 0.05) is 12.3 Å². The van der Waals surface area contributed by atoms with Gasteiger partial charge in [-0.1, -0.05) is 0 Å². The molecule has 0 amide bonds. The van der Waals surface area contributed by atoms with Crippen molar-refractivity contribution >= 4 is 5.71 Å². The molecule has 2 bridgehead atoms. The Bertz CT molecular complexity index is 140. The lowest BCUT2D eigenvalue weighted by atomic mass is 9.87. The van der Waals surface area contributed by atoms with Gasteiger partial charge in [0.05, 0.1) is 0 Å². The Labute approximate surface area is 55.3 Å². The second-order valence-electron chi connectivity index (χ2n) is 3.00. The first-order valence-electron chi connectivity index (χ1n) is 3.73. The molecule has 1 aliphatic heterocycles. The third-order valence-electron chi connectivity index (χ3n) is 2.22. The highest BCUT2D eigenvalue weighted by Gasteiger charge is 2.20. The Hall–Kier alpha value is -0.530. The monoisotopic (exact) mass is 124 g/mol. The third kappa shape index (κ3) is 0.934. The van der Waals surface area contributed by atoms with Crippen LogP contribution in [-0.2, 0) is 0 Å². The highest BCUT2D eigenvalue weighted by atomic mass is 15.3. The zero-order valence-electron chi connectivity index (χ0n) is 5.56. The Morgan fingerprint density at radius 3 is 3.33 bits per heavy atom. The molecule has 1 fully saturated rings. The van der Waals surface area contributed by atoms with Gasteiger partial charge in [-0.15, -0.1) is 0 Å². The van der Waals surface area contributed by atoms with Crippen molar-refractivity contribution < 1.29 is 0 Å². The third-order valence-corrected chi connectivity index (χ3v) is 2.22. The topological polar surface area (TPSA) is 24.4 Å². The summed E-state index contributed by atoms with van der Waals surface area (Å²) >= 11 is 0. The van der Waals surface area contributed by atoms with Gasteiger partial charge in [-0.2, -0.15) is 5.10 Å². The maximum absolute atomic E-state index is 4.22. The molecule has 0 saturated heterocycles. The molecule has 2 rings (SSSR count). The molecular weight excluding hydrogens is 112 g/mol. The van der Waals surface area contributed by atoms with Crippen molar-refractivity contribution in [3.8, 4) is 0 Å². The van der Waals surface area contributed by atoms with E-state index >= 15 is 0 Å². The van der Waals surface area contributed by atoms with Crippen LogP contribution in [0.4, 0.5) is 0 Å². The van der Waals surface area contributed by atoms with E-state index in [-0.39, 0.29) is 0 Å². The summed E-state index contributed by atoms with van der Waals surface area (Å²) in [6.07, 6.45) is 5.29. The first-order chi connectivity index (χ1) is 4.45. The van der Waals surface area contributed by atoms with Gasteiger partial charge < -0.3 is 5.43 Å². The van der Waals surface area contributed by atoms with Crippen molar-refractivity contribution in [3.63, 3.8) is 0 Å². The summed E-state index contributed by atoms with van der Waals surface area (Å²) in [6.45, 7) is 1.11. The average molecular weight is 124 g/mol. The van der Waals surface area contributed by atoms with Crippen LogP contribution in [-0.4, -0.2) is 12.3 Å². The van der Waals surface area contributed by atoms with E-state index in [1.807, 2.05) is 0 Å². The molecule has 9 heavy (non-hydrogen) atoms. The molecule has 0 aromatic heterocycles. The van der Waals surface area contributed by atoms with Gasteiger partial charge in [0.1, 0.15) is 0 Å². The van der Waals surface area contributed by atoms with Crippen LogP contribution in [0.1, 0.15) is 25.7 Å². The van der Waals surface area contributed by atoms with Gasteiger partial charge in [0.15, 0.2) is 0 Å². The quantitative estimate of drug-likeness (QED) is 0.514. The van der Waals surface area contributed by atoms with E-state index in [4.69, 9.17) is 0 Å². The van der Waals surface area contributed by atoms with E-state index in [2.05, 4.69) is 10.5 Å². The number of rotatable bonds is 0. The van der Waals surface area contributed by atoms with Crippen LogP contribution in [0.5, 0.6) is 0 Å². The van der Waals surface area contributed by atoms with Gasteiger partial charge in [-0.25, -0.2) is 0 Å². The van der Waals surface area contributed by atoms with Crippen LogP contribution < -0.4 is 5.43 Å². The standard InChI is InChI=1S/C7H12N2/c1-2-6-4-7(3-1)9-8-5-6/h6,8H,1-5H2. The Morgan fingerprint density at radius 2 is 2.56 bits per heavy atom. The first kappa shape index (κ1) is 5.27. The van der Waals surface area contributed by atoms with Crippen molar-refractivity contribution in [2.75, 3.05) is 6.54 Å². The smallest absolute Gasteiger partial charge is 0.0381 e. The maximum atomic E-state index is 4.22. The molecule has 0 aromatic rings. The zero-order chi connectivity index (χ0) is 6.10. The highest BCUT2D eigenvalue weighted by Crippen LogP contribution is 2.23. The van der Waals surface area contributed by atoms with Crippen molar-refractivity contribution in [2.24, 2.45) is 11.0 Å². The molecular formula is C7H12N2. The Kier molecular flexibility index (Phi) is 1.18. The van der Waals surface area contributed by atoms with Crippen LogP contribution in [0.2, 0.25) is 0 Å². The number of nitrogens with one attached hydrogen (secondary N) is 1. The predicted molar refractivity (Wildman–Crippen MR) is 37.4 cm³/mol. The fraction of sp³-hybridized carbons (Fsp3) is 0.857. The van der Waals surface area contributed by atoms with Crippen molar-refractivity contribution in [1.29, 1.82) is 0 Å². The van der Waals surface area contributed by atoms with Gasteiger partial charge in [-0.05, 0) is 31.6 Å². The van der Waals surface area contributed by atoms with Crippen LogP contribution in [0.3, 0.4) is 0 Å². The minimum Gasteiger partial charge on any atom is -0.310 e. The van der Waals surface area contributed by atoms with Crippen LogP contribution >= 0.6 is 0 Å². The largest absolute Gasteiger partial charge is 0.310 e. The number of nitrogens with zero attached hydrogens (tertiary/aromatic N) is 1. The molecule has 2 aliphatic rings. The van der Waals surface area contributed by atoms with E-state index in [9.17, 15) is 0 Å². The van der Waals surface area contributed by atoms with Gasteiger partial charge in [-0.3, -0.25) is 0 Å². The summed E-state index contributed by atoms with van der Waals surface area (Å²) in [5, 5.41) is 4.22. The average Bonchev–Trinajstić information content (AvgIpc) is 1.88. The number of hydrogen-bond donors (Lipinski definition) is 1. The second kappa shape index (κ2) is 2.01. The summed E-state index contributed by atoms with van der Waals surface area (Å²) in [4.78, 5) is 0. The Morgan fingerprint density at radius 1 is 1.56 bits per heavy atom. The van der Waals surface area contributed by atoms with Gasteiger partial charge in [0.25, 0.3) is 0 Å². The molecule has 0 aromatic carbocycles. The number of hydrogen-bond acceptors (Lipinski definition) is 2. The van der Waals surface area contributed by atoms with Gasteiger partial charge in [0.2, 0.25) is 0 Å². The number of fused-ring (bicyclic) bond motifs is 2. The van der Waals surface area contributed by atoms with E-state index in [0.29, 0.717) is 0 Å². The van der Waals surface area contributed by atoms with E-state index in [1.165, 1.54) is 31.4 Å². The normalized spacial score (nSPS) is 32.9. The lowest BCUT2D eigenvalue weighted by Crippen LogP contribution is -2.31. The van der Waals surface area contributed by atoms with E-state index < -0.39 is 0 Å². The molecule has 1 atom stereocenters. The van der Waals surface area contributed by atoms with Gasteiger partial charge >= 0.3 is 0 Å². The summed E-state index contributed by atoms with van der Waals surface area (Å²) in [5.41, 5.74) is 4.48. The summed E-state index contributed by atoms with van der Waals surface area (Å²) in [7, 11) is 0. The lowest BCUT2D eigenvalue weighted by molar-refractivity contribution is 0.406. The predicted octanol–water partition coefficient (Wildman–Crippen LogP) is 1.14.